The average molecular weight is 404 g/mol. The zero-order valence-electron chi connectivity index (χ0n) is 16.6. The van der Waals surface area contributed by atoms with Crippen LogP contribution >= 0.6 is 0 Å². The molecule has 2 aliphatic rings. The third-order valence-corrected chi connectivity index (χ3v) is 7.22. The number of nitrogens with zero attached hydrogens (tertiary/aromatic N) is 4. The summed E-state index contributed by atoms with van der Waals surface area (Å²) in [5, 5.41) is 4.32. The summed E-state index contributed by atoms with van der Waals surface area (Å²) in [6.45, 7) is 4.59. The molecule has 0 radical (unpaired) electrons. The topological polar surface area (TPSA) is 78.4 Å². The Morgan fingerprint density at radius 3 is 2.43 bits per heavy atom. The van der Waals surface area contributed by atoms with E-state index in [1.165, 1.54) is 32.2 Å². The summed E-state index contributed by atoms with van der Waals surface area (Å²) in [4.78, 5) is 14.0. The smallest absolute Gasteiger partial charge is 0.175 e. The minimum Gasteiger partial charge on any atom is -0.367 e. The fourth-order valence-corrected chi connectivity index (χ4v) is 4.99. The summed E-state index contributed by atoms with van der Waals surface area (Å²) in [7, 11) is -1.06. The first kappa shape index (κ1) is 19.5. The van der Waals surface area contributed by atoms with Gasteiger partial charge in [0.15, 0.2) is 9.84 Å². The Labute approximate surface area is 167 Å². The number of sulfone groups is 1. The Bertz CT molecular complexity index is 933. The number of benzene rings is 1. The van der Waals surface area contributed by atoms with Gasteiger partial charge in [0.05, 0.1) is 10.4 Å². The number of fused-ring (bicyclic) bond motifs is 1. The molecule has 0 amide bonds. The molecule has 1 aromatic carbocycles. The average Bonchev–Trinajstić information content (AvgIpc) is 2.68. The van der Waals surface area contributed by atoms with Crippen LogP contribution in [-0.2, 0) is 9.84 Å². The van der Waals surface area contributed by atoms with E-state index in [9.17, 15) is 8.42 Å². The van der Waals surface area contributed by atoms with Crippen LogP contribution in [0.15, 0.2) is 29.4 Å². The molecule has 4 rings (SSSR count). The highest BCUT2D eigenvalue weighted by Crippen LogP contribution is 2.26. The van der Waals surface area contributed by atoms with Crippen molar-refractivity contribution in [2.75, 3.05) is 44.8 Å². The van der Waals surface area contributed by atoms with Crippen molar-refractivity contribution in [3.63, 3.8) is 0 Å². The lowest BCUT2D eigenvalue weighted by Crippen LogP contribution is -2.48. The van der Waals surface area contributed by atoms with Crippen LogP contribution < -0.4 is 5.32 Å². The summed E-state index contributed by atoms with van der Waals surface area (Å²) in [6.07, 6.45) is 7.44. The van der Waals surface area contributed by atoms with Crippen LogP contribution in [0.1, 0.15) is 25.7 Å². The third-order valence-electron chi connectivity index (χ3n) is 6.11. The number of aromatic nitrogens is 2. The largest absolute Gasteiger partial charge is 0.367 e. The van der Waals surface area contributed by atoms with Gasteiger partial charge in [-0.2, -0.15) is 0 Å². The second-order valence-corrected chi connectivity index (χ2v) is 10.2. The number of anilines is 1. The van der Waals surface area contributed by atoms with E-state index in [0.717, 1.165) is 42.7 Å². The molecule has 8 heteroatoms. The van der Waals surface area contributed by atoms with E-state index in [0.29, 0.717) is 17.0 Å². The predicted molar refractivity (Wildman–Crippen MR) is 111 cm³/mol. The zero-order chi connectivity index (χ0) is 19.7. The van der Waals surface area contributed by atoms with Gasteiger partial charge in [-0.15, -0.1) is 0 Å². The van der Waals surface area contributed by atoms with Crippen molar-refractivity contribution in [3.8, 4) is 0 Å². The molecule has 2 saturated heterocycles. The lowest BCUT2D eigenvalue weighted by Gasteiger charge is -2.41. The SMILES string of the molecule is CN1CCC(N2CCC(Nc3ncnc4ccc(S(C)(=O)=O)cc34)CC2)CC1. The van der Waals surface area contributed by atoms with Crippen LogP contribution in [-0.4, -0.2) is 79.8 Å². The van der Waals surface area contributed by atoms with Crippen LogP contribution in [0.5, 0.6) is 0 Å². The number of hydrogen-bond acceptors (Lipinski definition) is 7. The van der Waals surface area contributed by atoms with Crippen molar-refractivity contribution in [2.24, 2.45) is 0 Å². The van der Waals surface area contributed by atoms with Crippen molar-refractivity contribution in [1.29, 1.82) is 0 Å². The van der Waals surface area contributed by atoms with Crippen molar-refractivity contribution in [2.45, 2.75) is 42.7 Å². The van der Waals surface area contributed by atoms with E-state index in [1.54, 1.807) is 24.5 Å². The molecule has 1 aromatic heterocycles. The van der Waals surface area contributed by atoms with Gasteiger partial charge in [0, 0.05) is 36.8 Å². The van der Waals surface area contributed by atoms with Gasteiger partial charge < -0.3 is 15.1 Å². The molecule has 0 saturated carbocycles. The Kier molecular flexibility index (Phi) is 5.53. The highest BCUT2D eigenvalue weighted by atomic mass is 32.2. The van der Waals surface area contributed by atoms with Gasteiger partial charge in [0.1, 0.15) is 12.1 Å². The lowest BCUT2D eigenvalue weighted by atomic mass is 9.98. The number of likely N-dealkylation sites (tertiary alicyclic amines) is 2. The highest BCUT2D eigenvalue weighted by molar-refractivity contribution is 7.90. The highest BCUT2D eigenvalue weighted by Gasteiger charge is 2.27. The standard InChI is InChI=1S/C20H29N5O2S/c1-24-9-7-16(8-10-24)25-11-5-15(6-12-25)23-20-18-13-17(28(2,26)27)3-4-19(18)21-14-22-20/h3-4,13-16H,5-12H2,1-2H3,(H,21,22,23). The summed E-state index contributed by atoms with van der Waals surface area (Å²) in [5.41, 5.74) is 0.758. The summed E-state index contributed by atoms with van der Waals surface area (Å²) in [6, 6.07) is 6.10. The second-order valence-electron chi connectivity index (χ2n) is 8.16. The van der Waals surface area contributed by atoms with Gasteiger partial charge in [-0.1, -0.05) is 0 Å². The first-order valence-corrected chi connectivity index (χ1v) is 11.9. The Morgan fingerprint density at radius 2 is 1.75 bits per heavy atom. The van der Waals surface area contributed by atoms with Crippen molar-refractivity contribution in [1.82, 2.24) is 19.8 Å². The first-order valence-electron chi connectivity index (χ1n) is 10.0. The van der Waals surface area contributed by atoms with E-state index in [-0.39, 0.29) is 0 Å². The van der Waals surface area contributed by atoms with Gasteiger partial charge in [0.25, 0.3) is 0 Å². The van der Waals surface area contributed by atoms with Crippen LogP contribution in [0.3, 0.4) is 0 Å². The quantitative estimate of drug-likeness (QED) is 0.836. The minimum atomic E-state index is -3.26. The maximum absolute atomic E-state index is 11.9. The summed E-state index contributed by atoms with van der Waals surface area (Å²) < 4.78 is 23.8. The minimum absolute atomic E-state index is 0.301. The Balaban J connectivity index is 1.44. The zero-order valence-corrected chi connectivity index (χ0v) is 17.5. The van der Waals surface area contributed by atoms with E-state index in [2.05, 4.69) is 32.1 Å². The fourth-order valence-electron chi connectivity index (χ4n) is 4.34. The molecule has 3 heterocycles. The molecule has 1 N–H and O–H groups in total. The van der Waals surface area contributed by atoms with Crippen molar-refractivity contribution in [3.05, 3.63) is 24.5 Å². The molecule has 2 aromatic rings. The number of piperidine rings is 2. The monoisotopic (exact) mass is 403 g/mol. The molecule has 152 valence electrons. The Morgan fingerprint density at radius 1 is 1.04 bits per heavy atom. The van der Waals surface area contributed by atoms with E-state index >= 15 is 0 Å². The summed E-state index contributed by atoms with van der Waals surface area (Å²) >= 11 is 0. The number of nitrogens with one attached hydrogen (secondary N) is 1. The van der Waals surface area contributed by atoms with Gasteiger partial charge in [-0.3, -0.25) is 0 Å². The van der Waals surface area contributed by atoms with Gasteiger partial charge >= 0.3 is 0 Å². The molecular weight excluding hydrogens is 374 g/mol. The summed E-state index contributed by atoms with van der Waals surface area (Å²) in [5.74, 6) is 0.730. The molecule has 2 aliphatic heterocycles. The third kappa shape index (κ3) is 4.29. The molecule has 28 heavy (non-hydrogen) atoms. The van der Waals surface area contributed by atoms with E-state index in [4.69, 9.17) is 0 Å². The van der Waals surface area contributed by atoms with Crippen LogP contribution in [0.25, 0.3) is 10.9 Å². The van der Waals surface area contributed by atoms with Crippen molar-refractivity contribution < 1.29 is 8.42 Å². The number of hydrogen-bond donors (Lipinski definition) is 1. The molecular formula is C20H29N5O2S. The molecule has 2 fully saturated rings. The normalized spacial score (nSPS) is 21.2. The van der Waals surface area contributed by atoms with E-state index < -0.39 is 9.84 Å². The first-order chi connectivity index (χ1) is 13.4. The maximum Gasteiger partial charge on any atom is 0.175 e. The molecule has 0 bridgehead atoms. The molecule has 7 nitrogen and oxygen atoms in total. The van der Waals surface area contributed by atoms with Crippen molar-refractivity contribution >= 4 is 26.6 Å². The second kappa shape index (κ2) is 7.93. The molecule has 0 unspecified atom stereocenters. The Hall–Kier alpha value is -1.77. The maximum atomic E-state index is 11.9. The molecule has 0 atom stereocenters. The van der Waals surface area contributed by atoms with Crippen LogP contribution in [0.4, 0.5) is 5.82 Å². The van der Waals surface area contributed by atoms with E-state index in [1.807, 2.05) is 0 Å². The number of rotatable bonds is 4. The van der Waals surface area contributed by atoms with Gasteiger partial charge in [-0.05, 0) is 64.0 Å². The molecule has 0 aliphatic carbocycles. The van der Waals surface area contributed by atoms with Crippen LogP contribution in [0, 0.1) is 0 Å². The van der Waals surface area contributed by atoms with Gasteiger partial charge in [-0.25, -0.2) is 18.4 Å². The van der Waals surface area contributed by atoms with Crippen LogP contribution in [0.2, 0.25) is 0 Å². The predicted octanol–water partition coefficient (Wildman–Crippen LogP) is 2.00. The van der Waals surface area contributed by atoms with Gasteiger partial charge in [0.2, 0.25) is 0 Å². The fraction of sp³-hybridized carbons (Fsp3) is 0.600. The lowest BCUT2D eigenvalue weighted by molar-refractivity contribution is 0.0994. The molecule has 0 spiro atoms.